The normalized spacial score (nSPS) is 20.5. The molecule has 2 amide bonds. The van der Waals surface area contributed by atoms with Crippen molar-refractivity contribution in [2.75, 3.05) is 19.6 Å². The van der Waals surface area contributed by atoms with Crippen molar-refractivity contribution in [3.05, 3.63) is 17.5 Å². The lowest BCUT2D eigenvalue weighted by Crippen LogP contribution is -2.44. The average molecular weight is 405 g/mol. The van der Waals surface area contributed by atoms with E-state index in [0.29, 0.717) is 24.7 Å². The first-order valence-corrected chi connectivity index (χ1v) is 10.8. The summed E-state index contributed by atoms with van der Waals surface area (Å²) in [6, 6.07) is 1.99. The number of alkyl carbamates (subject to hydrolysis) is 1. The van der Waals surface area contributed by atoms with Gasteiger partial charge in [-0.15, -0.1) is 0 Å². The number of hydrogen-bond donors (Lipinski definition) is 1. The van der Waals surface area contributed by atoms with E-state index < -0.39 is 11.7 Å². The lowest BCUT2D eigenvalue weighted by Gasteiger charge is -2.32. The number of likely N-dealkylation sites (tertiary alicyclic amines) is 1. The van der Waals surface area contributed by atoms with Gasteiger partial charge < -0.3 is 15.0 Å². The first-order chi connectivity index (χ1) is 13.4. The zero-order valence-electron chi connectivity index (χ0n) is 18.7. The first kappa shape index (κ1) is 21.7. The van der Waals surface area contributed by atoms with Crippen LogP contribution in [-0.4, -0.2) is 51.9 Å². The summed E-state index contributed by atoms with van der Waals surface area (Å²) in [7, 11) is 0. The van der Waals surface area contributed by atoms with Crippen LogP contribution in [0.25, 0.3) is 0 Å². The van der Waals surface area contributed by atoms with Crippen LogP contribution < -0.4 is 5.32 Å². The maximum Gasteiger partial charge on any atom is 0.407 e. The van der Waals surface area contributed by atoms with Gasteiger partial charge in [-0.25, -0.2) is 4.79 Å². The minimum atomic E-state index is -0.510. The summed E-state index contributed by atoms with van der Waals surface area (Å²) in [6.45, 7) is 13.8. The second-order valence-electron chi connectivity index (χ2n) is 10.5. The van der Waals surface area contributed by atoms with Crippen molar-refractivity contribution >= 4 is 12.0 Å². The summed E-state index contributed by atoms with van der Waals surface area (Å²) >= 11 is 0. The number of amides is 2. The van der Waals surface area contributed by atoms with E-state index in [1.54, 1.807) is 0 Å². The van der Waals surface area contributed by atoms with Crippen molar-refractivity contribution in [3.8, 4) is 0 Å². The zero-order valence-corrected chi connectivity index (χ0v) is 18.7. The smallest absolute Gasteiger partial charge is 0.407 e. The first-order valence-electron chi connectivity index (χ1n) is 10.8. The minimum absolute atomic E-state index is 0.00290. The number of nitrogens with zero attached hydrogens (tertiary/aromatic N) is 3. The minimum Gasteiger partial charge on any atom is -0.444 e. The molecule has 162 valence electrons. The number of carbonyl (C=O) groups excluding carboxylic acids is 2. The molecule has 1 N–H and O–H groups in total. The maximum atomic E-state index is 13.1. The summed E-state index contributed by atoms with van der Waals surface area (Å²) in [5.74, 6) is 0.764. The van der Waals surface area contributed by atoms with Gasteiger partial charge in [0, 0.05) is 31.2 Å². The van der Waals surface area contributed by atoms with E-state index in [1.807, 2.05) is 36.4 Å². The van der Waals surface area contributed by atoms with Gasteiger partial charge in [0.2, 0.25) is 0 Å². The second kappa shape index (κ2) is 8.00. The molecule has 3 rings (SSSR count). The number of aromatic nitrogens is 2. The fourth-order valence-corrected chi connectivity index (χ4v) is 3.83. The van der Waals surface area contributed by atoms with E-state index in [1.165, 1.54) is 18.5 Å². The Morgan fingerprint density at radius 2 is 1.86 bits per heavy atom. The van der Waals surface area contributed by atoms with E-state index in [2.05, 4.69) is 26.1 Å². The van der Waals surface area contributed by atoms with Crippen LogP contribution in [0.2, 0.25) is 0 Å². The molecule has 1 atom stereocenters. The van der Waals surface area contributed by atoms with Gasteiger partial charge in [0.05, 0.1) is 5.54 Å². The monoisotopic (exact) mass is 404 g/mol. The number of ether oxygens (including phenoxy) is 1. The third-order valence-corrected chi connectivity index (χ3v) is 5.33. The molecule has 7 heteroatoms. The SMILES string of the molecule is CC(C)(C)OC(=O)NC[C@@H]1CCCN(C(=O)c2cc(C3CC3)n(C(C)(C)C)n2)C1. The van der Waals surface area contributed by atoms with Crippen LogP contribution in [0.15, 0.2) is 6.07 Å². The molecule has 1 aromatic heterocycles. The quantitative estimate of drug-likeness (QED) is 0.826. The van der Waals surface area contributed by atoms with E-state index in [9.17, 15) is 9.59 Å². The summed E-state index contributed by atoms with van der Waals surface area (Å²) in [5.41, 5.74) is 1.07. The van der Waals surface area contributed by atoms with E-state index >= 15 is 0 Å². The topological polar surface area (TPSA) is 76.5 Å². The van der Waals surface area contributed by atoms with E-state index in [0.717, 1.165) is 19.4 Å². The predicted octanol–water partition coefficient (Wildman–Crippen LogP) is 3.89. The van der Waals surface area contributed by atoms with Gasteiger partial charge in [0.15, 0.2) is 5.69 Å². The molecule has 0 radical (unpaired) electrons. The molecule has 2 heterocycles. The van der Waals surface area contributed by atoms with Gasteiger partial charge in [0.25, 0.3) is 5.91 Å². The highest BCUT2D eigenvalue weighted by Gasteiger charge is 2.34. The van der Waals surface area contributed by atoms with Gasteiger partial charge in [-0.3, -0.25) is 9.48 Å². The van der Waals surface area contributed by atoms with Gasteiger partial charge in [-0.2, -0.15) is 5.10 Å². The van der Waals surface area contributed by atoms with Gasteiger partial charge in [-0.1, -0.05) is 0 Å². The zero-order chi connectivity index (χ0) is 21.4. The van der Waals surface area contributed by atoms with E-state index in [4.69, 9.17) is 9.84 Å². The Kier molecular flexibility index (Phi) is 5.97. The van der Waals surface area contributed by atoms with Crippen LogP contribution in [0.5, 0.6) is 0 Å². The highest BCUT2D eigenvalue weighted by Crippen LogP contribution is 2.41. The van der Waals surface area contributed by atoms with Crippen molar-refractivity contribution in [1.29, 1.82) is 0 Å². The molecule has 1 saturated heterocycles. The molecule has 1 aromatic rings. The molecule has 0 aromatic carbocycles. The Balaban J connectivity index is 1.62. The standard InChI is InChI=1S/C22H36N4O3/c1-21(2,3)26-18(16-9-10-16)12-17(24-26)19(27)25-11-7-8-15(14-25)13-23-20(28)29-22(4,5)6/h12,15-16H,7-11,13-14H2,1-6H3,(H,23,28)/t15-/m0/s1. The molecule has 0 unspecified atom stereocenters. The summed E-state index contributed by atoms with van der Waals surface area (Å²) in [6.07, 6.45) is 3.87. The fourth-order valence-electron chi connectivity index (χ4n) is 3.83. The Hall–Kier alpha value is -2.05. The van der Waals surface area contributed by atoms with Crippen molar-refractivity contribution in [1.82, 2.24) is 20.0 Å². The summed E-state index contributed by atoms with van der Waals surface area (Å²) in [5, 5.41) is 7.54. The molecular formula is C22H36N4O3. The van der Waals surface area contributed by atoms with Crippen LogP contribution in [-0.2, 0) is 10.3 Å². The van der Waals surface area contributed by atoms with Crippen LogP contribution >= 0.6 is 0 Å². The molecule has 0 spiro atoms. The molecule has 1 aliphatic heterocycles. The molecule has 1 saturated carbocycles. The van der Waals surface area contributed by atoms with Crippen molar-refractivity contribution in [3.63, 3.8) is 0 Å². The molecule has 7 nitrogen and oxygen atoms in total. The lowest BCUT2D eigenvalue weighted by molar-refractivity contribution is 0.0502. The van der Waals surface area contributed by atoms with Crippen LogP contribution in [0.1, 0.15) is 89.3 Å². The van der Waals surface area contributed by atoms with Gasteiger partial charge >= 0.3 is 6.09 Å². The highest BCUT2D eigenvalue weighted by atomic mass is 16.6. The second-order valence-corrected chi connectivity index (χ2v) is 10.5. The van der Waals surface area contributed by atoms with Gasteiger partial charge in [0.1, 0.15) is 5.60 Å². The van der Waals surface area contributed by atoms with Crippen LogP contribution in [0.3, 0.4) is 0 Å². The lowest BCUT2D eigenvalue weighted by atomic mass is 9.97. The Morgan fingerprint density at radius 1 is 1.17 bits per heavy atom. The summed E-state index contributed by atoms with van der Waals surface area (Å²) in [4.78, 5) is 26.9. The molecular weight excluding hydrogens is 368 g/mol. The number of hydrogen-bond acceptors (Lipinski definition) is 4. The number of nitrogens with one attached hydrogen (secondary N) is 1. The molecule has 1 aliphatic carbocycles. The van der Waals surface area contributed by atoms with Crippen LogP contribution in [0, 0.1) is 5.92 Å². The third kappa shape index (κ3) is 5.73. The van der Waals surface area contributed by atoms with E-state index in [-0.39, 0.29) is 17.4 Å². The average Bonchev–Trinajstić information content (AvgIpc) is 3.35. The molecule has 0 bridgehead atoms. The Bertz CT molecular complexity index is 753. The Morgan fingerprint density at radius 3 is 2.45 bits per heavy atom. The molecule has 2 aliphatic rings. The Labute approximate surface area is 174 Å². The maximum absolute atomic E-state index is 13.1. The largest absolute Gasteiger partial charge is 0.444 e. The number of piperidine rings is 1. The molecule has 29 heavy (non-hydrogen) atoms. The fraction of sp³-hybridized carbons (Fsp3) is 0.773. The molecule has 2 fully saturated rings. The number of rotatable bonds is 4. The van der Waals surface area contributed by atoms with Crippen molar-refractivity contribution in [2.24, 2.45) is 5.92 Å². The van der Waals surface area contributed by atoms with Crippen molar-refractivity contribution < 1.29 is 14.3 Å². The summed E-state index contributed by atoms with van der Waals surface area (Å²) < 4.78 is 7.34. The van der Waals surface area contributed by atoms with Crippen LogP contribution in [0.4, 0.5) is 4.79 Å². The van der Waals surface area contributed by atoms with Crippen molar-refractivity contribution in [2.45, 2.75) is 84.3 Å². The third-order valence-electron chi connectivity index (χ3n) is 5.33. The predicted molar refractivity (Wildman–Crippen MR) is 112 cm³/mol. The highest BCUT2D eigenvalue weighted by molar-refractivity contribution is 5.92. The van der Waals surface area contributed by atoms with Gasteiger partial charge in [-0.05, 0) is 79.2 Å². The number of carbonyl (C=O) groups is 2.